The van der Waals surface area contributed by atoms with Crippen LogP contribution in [0.4, 0.5) is 4.79 Å². The van der Waals surface area contributed by atoms with Gasteiger partial charge in [-0.05, 0) is 39.8 Å². The van der Waals surface area contributed by atoms with E-state index in [1.807, 2.05) is 0 Å². The first-order valence-electron chi connectivity index (χ1n) is 8.91. The SMILES string of the molecule is CN1[C@@H]2CC[C@H]1C[C@@H](OC(=O)O[C@H]1C[C@H]3CC[C@@H](C1)N3C)C2. The first-order valence-corrected chi connectivity index (χ1v) is 8.91. The second-order valence-electron chi connectivity index (χ2n) is 7.77. The molecule has 4 aliphatic heterocycles. The highest BCUT2D eigenvalue weighted by Gasteiger charge is 2.42. The maximum atomic E-state index is 12.1. The Kier molecular flexibility index (Phi) is 3.81. The van der Waals surface area contributed by atoms with Gasteiger partial charge in [-0.2, -0.15) is 0 Å². The predicted octanol–water partition coefficient (Wildman–Crippen LogP) is 2.39. The lowest BCUT2D eigenvalue weighted by molar-refractivity contribution is -0.0460. The van der Waals surface area contributed by atoms with Gasteiger partial charge in [0.15, 0.2) is 0 Å². The molecule has 0 aromatic heterocycles. The van der Waals surface area contributed by atoms with E-state index in [2.05, 4.69) is 23.9 Å². The van der Waals surface area contributed by atoms with E-state index < -0.39 is 6.16 Å². The summed E-state index contributed by atoms with van der Waals surface area (Å²) in [5.74, 6) is 0. The van der Waals surface area contributed by atoms with E-state index in [4.69, 9.17) is 9.47 Å². The molecule has 0 amide bonds. The van der Waals surface area contributed by atoms with Crippen LogP contribution in [0.15, 0.2) is 0 Å². The molecule has 0 radical (unpaired) electrons. The molecule has 0 aromatic rings. The third-order valence-corrected chi connectivity index (χ3v) is 6.64. The van der Waals surface area contributed by atoms with Crippen LogP contribution in [-0.4, -0.2) is 66.4 Å². The summed E-state index contributed by atoms with van der Waals surface area (Å²) in [6.07, 6.45) is 8.56. The van der Waals surface area contributed by atoms with E-state index in [-0.39, 0.29) is 12.2 Å². The molecule has 0 N–H and O–H groups in total. The van der Waals surface area contributed by atoms with E-state index in [9.17, 15) is 4.79 Å². The van der Waals surface area contributed by atoms with Crippen molar-refractivity contribution in [1.29, 1.82) is 0 Å². The standard InChI is InChI=1S/C17H28N2O3/c1-18-11-3-4-12(18)8-15(7-11)21-17(20)22-16-9-13-5-6-14(10-16)19(13)2/h11-16H,3-10H2,1-2H3/t11-,12+,13-,14+,15+,16+. The summed E-state index contributed by atoms with van der Waals surface area (Å²) in [5.41, 5.74) is 0. The molecule has 4 rings (SSSR count). The molecular weight excluding hydrogens is 280 g/mol. The number of carbonyl (C=O) groups excluding carboxylic acids is 1. The fourth-order valence-electron chi connectivity index (χ4n) is 5.22. The molecule has 0 aromatic carbocycles. The van der Waals surface area contributed by atoms with Crippen LogP contribution in [0, 0.1) is 0 Å². The molecule has 22 heavy (non-hydrogen) atoms. The van der Waals surface area contributed by atoms with Crippen molar-refractivity contribution in [2.24, 2.45) is 0 Å². The van der Waals surface area contributed by atoms with Gasteiger partial charge in [-0.3, -0.25) is 0 Å². The highest BCUT2D eigenvalue weighted by Crippen LogP contribution is 2.37. The van der Waals surface area contributed by atoms with Crippen molar-refractivity contribution in [3.05, 3.63) is 0 Å². The Hall–Kier alpha value is -0.810. The third kappa shape index (κ3) is 2.62. The van der Waals surface area contributed by atoms with Crippen molar-refractivity contribution in [2.75, 3.05) is 14.1 Å². The largest absolute Gasteiger partial charge is 0.508 e. The molecule has 0 spiro atoms. The van der Waals surface area contributed by atoms with Crippen LogP contribution in [0.3, 0.4) is 0 Å². The summed E-state index contributed by atoms with van der Waals surface area (Å²) >= 11 is 0. The molecule has 0 saturated carbocycles. The Bertz CT molecular complexity index is 378. The molecule has 5 nitrogen and oxygen atoms in total. The number of piperidine rings is 2. The monoisotopic (exact) mass is 308 g/mol. The van der Waals surface area contributed by atoms with Crippen molar-refractivity contribution >= 4 is 6.16 Å². The Labute approximate surface area is 132 Å². The van der Waals surface area contributed by atoms with E-state index in [0.29, 0.717) is 24.2 Å². The molecule has 6 atom stereocenters. The Balaban J connectivity index is 1.27. The smallest absolute Gasteiger partial charge is 0.431 e. The number of hydrogen-bond acceptors (Lipinski definition) is 5. The average Bonchev–Trinajstić information content (AvgIpc) is 2.84. The minimum Gasteiger partial charge on any atom is -0.431 e. The van der Waals surface area contributed by atoms with Crippen LogP contribution in [0.1, 0.15) is 51.4 Å². The van der Waals surface area contributed by atoms with Gasteiger partial charge in [0, 0.05) is 49.9 Å². The quantitative estimate of drug-likeness (QED) is 0.733. The zero-order chi connectivity index (χ0) is 15.3. The van der Waals surface area contributed by atoms with Gasteiger partial charge in [0.1, 0.15) is 12.2 Å². The number of nitrogens with zero attached hydrogens (tertiary/aromatic N) is 2. The van der Waals surface area contributed by atoms with E-state index in [1.165, 1.54) is 25.7 Å². The number of ether oxygens (including phenoxy) is 2. The fraction of sp³-hybridized carbons (Fsp3) is 0.941. The average molecular weight is 308 g/mol. The first-order chi connectivity index (χ1) is 10.6. The summed E-state index contributed by atoms with van der Waals surface area (Å²) < 4.78 is 11.3. The van der Waals surface area contributed by atoms with E-state index >= 15 is 0 Å². The van der Waals surface area contributed by atoms with Gasteiger partial charge in [0.25, 0.3) is 0 Å². The van der Waals surface area contributed by atoms with Gasteiger partial charge in [-0.1, -0.05) is 0 Å². The highest BCUT2D eigenvalue weighted by atomic mass is 16.7. The second-order valence-corrected chi connectivity index (χ2v) is 7.77. The Morgan fingerprint density at radius 1 is 0.727 bits per heavy atom. The molecule has 4 fully saturated rings. The van der Waals surface area contributed by atoms with Crippen LogP contribution >= 0.6 is 0 Å². The Morgan fingerprint density at radius 3 is 1.36 bits per heavy atom. The topological polar surface area (TPSA) is 42.0 Å². The van der Waals surface area contributed by atoms with Crippen molar-refractivity contribution in [3.63, 3.8) is 0 Å². The van der Waals surface area contributed by atoms with Crippen LogP contribution in [0.5, 0.6) is 0 Å². The van der Waals surface area contributed by atoms with E-state index in [1.54, 1.807) is 0 Å². The summed E-state index contributed by atoms with van der Waals surface area (Å²) in [7, 11) is 4.40. The molecule has 124 valence electrons. The van der Waals surface area contributed by atoms with Gasteiger partial charge in [0.2, 0.25) is 0 Å². The number of rotatable bonds is 2. The predicted molar refractivity (Wildman–Crippen MR) is 82.8 cm³/mol. The molecule has 0 unspecified atom stereocenters. The van der Waals surface area contributed by atoms with Crippen molar-refractivity contribution < 1.29 is 14.3 Å². The molecule has 4 heterocycles. The lowest BCUT2D eigenvalue weighted by atomic mass is 10.0. The van der Waals surface area contributed by atoms with Crippen LogP contribution < -0.4 is 0 Å². The van der Waals surface area contributed by atoms with Crippen LogP contribution in [0.2, 0.25) is 0 Å². The minimum atomic E-state index is -0.428. The molecule has 0 aliphatic carbocycles. The minimum absolute atomic E-state index is 0.0594. The number of fused-ring (bicyclic) bond motifs is 4. The maximum absolute atomic E-state index is 12.1. The van der Waals surface area contributed by atoms with Crippen LogP contribution in [-0.2, 0) is 9.47 Å². The van der Waals surface area contributed by atoms with Crippen molar-refractivity contribution in [1.82, 2.24) is 9.80 Å². The maximum Gasteiger partial charge on any atom is 0.508 e. The van der Waals surface area contributed by atoms with E-state index in [0.717, 1.165) is 25.7 Å². The third-order valence-electron chi connectivity index (χ3n) is 6.64. The van der Waals surface area contributed by atoms with Gasteiger partial charge in [0.05, 0.1) is 0 Å². The second kappa shape index (κ2) is 5.68. The van der Waals surface area contributed by atoms with Crippen molar-refractivity contribution in [2.45, 2.75) is 87.7 Å². The summed E-state index contributed by atoms with van der Waals surface area (Å²) in [5, 5.41) is 0. The molecular formula is C17H28N2O3. The summed E-state index contributed by atoms with van der Waals surface area (Å²) in [6, 6.07) is 2.37. The Morgan fingerprint density at radius 2 is 1.05 bits per heavy atom. The fourth-order valence-corrected chi connectivity index (χ4v) is 5.22. The van der Waals surface area contributed by atoms with Gasteiger partial charge in [-0.25, -0.2) is 4.79 Å². The lowest BCUT2D eigenvalue weighted by Gasteiger charge is -2.37. The molecule has 5 heteroatoms. The number of carbonyl (C=O) groups is 1. The van der Waals surface area contributed by atoms with Gasteiger partial charge < -0.3 is 19.3 Å². The molecule has 4 bridgehead atoms. The first kappa shape index (κ1) is 14.8. The zero-order valence-electron chi connectivity index (χ0n) is 13.7. The summed E-state index contributed by atoms with van der Waals surface area (Å²) in [4.78, 5) is 17.1. The summed E-state index contributed by atoms with van der Waals surface area (Å²) in [6.45, 7) is 0. The zero-order valence-corrected chi connectivity index (χ0v) is 13.7. The normalized spacial score (nSPS) is 45.0. The molecule has 4 aliphatic rings. The lowest BCUT2D eigenvalue weighted by Crippen LogP contribution is -2.45. The highest BCUT2D eigenvalue weighted by molar-refractivity contribution is 5.60. The van der Waals surface area contributed by atoms with Gasteiger partial charge in [-0.15, -0.1) is 0 Å². The molecule has 4 saturated heterocycles. The number of hydrogen-bond donors (Lipinski definition) is 0. The van der Waals surface area contributed by atoms with Crippen molar-refractivity contribution in [3.8, 4) is 0 Å². The van der Waals surface area contributed by atoms with Gasteiger partial charge >= 0.3 is 6.16 Å². The van der Waals surface area contributed by atoms with Crippen LogP contribution in [0.25, 0.3) is 0 Å².